The number of benzene rings is 2. The predicted octanol–water partition coefficient (Wildman–Crippen LogP) is 3.93. The van der Waals surface area contributed by atoms with Crippen LogP contribution in [-0.2, 0) is 0 Å². The fraction of sp³-hybridized carbons (Fsp3) is 0.273. The summed E-state index contributed by atoms with van der Waals surface area (Å²) in [6.45, 7) is 3.51. The number of halogens is 1. The van der Waals surface area contributed by atoms with Crippen LogP contribution in [0, 0.1) is 10.1 Å². The van der Waals surface area contributed by atoms with E-state index < -0.39 is 4.92 Å². The topological polar surface area (TPSA) is 93.3 Å². The van der Waals surface area contributed by atoms with E-state index in [1.165, 1.54) is 25.0 Å². The maximum atomic E-state index is 13.0. The van der Waals surface area contributed by atoms with E-state index >= 15 is 0 Å². The number of rotatable bonds is 7. The van der Waals surface area contributed by atoms with Crippen LogP contribution in [0.4, 0.5) is 5.69 Å². The monoisotopic (exact) mass is 439 g/mol. The number of nitrogens with zero attached hydrogens (tertiary/aromatic N) is 4. The molecular weight excluding hydrogens is 418 g/mol. The molecule has 2 heterocycles. The summed E-state index contributed by atoms with van der Waals surface area (Å²) in [5, 5.41) is 19.1. The van der Waals surface area contributed by atoms with E-state index in [4.69, 9.17) is 11.6 Å². The highest BCUT2D eigenvalue weighted by molar-refractivity contribution is 6.30. The largest absolute Gasteiger partial charge is 0.349 e. The second kappa shape index (κ2) is 9.28. The molecule has 2 aromatic carbocycles. The van der Waals surface area contributed by atoms with Crippen LogP contribution in [0.25, 0.3) is 16.9 Å². The van der Waals surface area contributed by atoms with Gasteiger partial charge in [0.2, 0.25) is 0 Å². The molecule has 1 aliphatic rings. The van der Waals surface area contributed by atoms with Gasteiger partial charge in [0.25, 0.3) is 11.6 Å². The summed E-state index contributed by atoms with van der Waals surface area (Å²) < 4.78 is 1.57. The Morgan fingerprint density at radius 3 is 2.42 bits per heavy atom. The first-order valence-electron chi connectivity index (χ1n) is 10.1. The number of carbonyl (C=O) groups excluding carboxylic acids is 1. The Morgan fingerprint density at radius 1 is 1.10 bits per heavy atom. The van der Waals surface area contributed by atoms with Crippen LogP contribution in [0.5, 0.6) is 0 Å². The van der Waals surface area contributed by atoms with Crippen molar-refractivity contribution in [1.82, 2.24) is 20.0 Å². The number of hydrogen-bond acceptors (Lipinski definition) is 5. The minimum Gasteiger partial charge on any atom is -0.349 e. The molecule has 0 bridgehead atoms. The molecule has 1 N–H and O–H groups in total. The van der Waals surface area contributed by atoms with Gasteiger partial charge in [0.05, 0.1) is 16.3 Å². The molecule has 1 aromatic heterocycles. The van der Waals surface area contributed by atoms with Gasteiger partial charge in [-0.2, -0.15) is 5.10 Å². The molecule has 0 aliphatic carbocycles. The van der Waals surface area contributed by atoms with Crippen LogP contribution >= 0.6 is 11.6 Å². The average Bonchev–Trinajstić information content (AvgIpc) is 3.44. The molecule has 0 saturated carbocycles. The molecule has 31 heavy (non-hydrogen) atoms. The number of aromatic nitrogens is 2. The summed E-state index contributed by atoms with van der Waals surface area (Å²) in [7, 11) is 0. The van der Waals surface area contributed by atoms with Crippen LogP contribution < -0.4 is 5.32 Å². The zero-order chi connectivity index (χ0) is 21.8. The Balaban J connectivity index is 1.60. The van der Waals surface area contributed by atoms with E-state index in [1.54, 1.807) is 47.1 Å². The molecule has 9 heteroatoms. The first-order chi connectivity index (χ1) is 15.0. The molecule has 0 atom stereocenters. The van der Waals surface area contributed by atoms with Crippen molar-refractivity contribution in [2.45, 2.75) is 12.8 Å². The van der Waals surface area contributed by atoms with Crippen LogP contribution in [0.15, 0.2) is 54.6 Å². The molecule has 160 valence electrons. The van der Waals surface area contributed by atoms with Gasteiger partial charge in [-0.15, -0.1) is 0 Å². The van der Waals surface area contributed by atoms with E-state index in [0.717, 1.165) is 19.6 Å². The van der Waals surface area contributed by atoms with Crippen LogP contribution in [0.3, 0.4) is 0 Å². The average molecular weight is 440 g/mol. The lowest BCUT2D eigenvalue weighted by molar-refractivity contribution is -0.384. The van der Waals surface area contributed by atoms with Gasteiger partial charge in [-0.3, -0.25) is 14.9 Å². The van der Waals surface area contributed by atoms with Crippen LogP contribution in [-0.4, -0.2) is 51.7 Å². The second-order valence-corrected chi connectivity index (χ2v) is 7.85. The first-order valence-corrected chi connectivity index (χ1v) is 10.5. The molecule has 0 unspecified atom stereocenters. The van der Waals surface area contributed by atoms with Crippen LogP contribution in [0.1, 0.15) is 23.3 Å². The summed E-state index contributed by atoms with van der Waals surface area (Å²) in [5.74, 6) is -0.227. The Bertz CT molecular complexity index is 1070. The second-order valence-electron chi connectivity index (χ2n) is 7.41. The Kier molecular flexibility index (Phi) is 6.29. The lowest BCUT2D eigenvalue weighted by Crippen LogP contribution is -2.34. The zero-order valence-electron chi connectivity index (χ0n) is 16.8. The highest BCUT2D eigenvalue weighted by Gasteiger charge is 2.19. The van der Waals surface area contributed by atoms with E-state index in [-0.39, 0.29) is 11.6 Å². The van der Waals surface area contributed by atoms with Gasteiger partial charge in [-0.05, 0) is 68.4 Å². The molecule has 3 aromatic rings. The third kappa shape index (κ3) is 4.92. The maximum Gasteiger partial charge on any atom is 0.270 e. The maximum absolute atomic E-state index is 13.0. The highest BCUT2D eigenvalue weighted by Crippen LogP contribution is 2.24. The van der Waals surface area contributed by atoms with Crippen molar-refractivity contribution >= 4 is 23.2 Å². The minimum atomic E-state index is -0.449. The van der Waals surface area contributed by atoms with Crippen molar-refractivity contribution in [3.8, 4) is 16.9 Å². The predicted molar refractivity (Wildman–Crippen MR) is 119 cm³/mol. The molecular formula is C22H22ClN5O3. The smallest absolute Gasteiger partial charge is 0.270 e. The zero-order valence-corrected chi connectivity index (χ0v) is 17.6. The number of amides is 1. The van der Waals surface area contributed by atoms with Crippen molar-refractivity contribution in [1.29, 1.82) is 0 Å². The number of nitrogens with one attached hydrogen (secondary N) is 1. The number of nitro benzene ring substituents is 1. The van der Waals surface area contributed by atoms with Gasteiger partial charge in [0, 0.05) is 35.8 Å². The number of hydrogen-bond donors (Lipinski definition) is 1. The number of likely N-dealkylation sites (tertiary alicyclic amines) is 1. The van der Waals surface area contributed by atoms with Gasteiger partial charge in [-0.1, -0.05) is 11.6 Å². The fourth-order valence-corrected chi connectivity index (χ4v) is 3.77. The normalized spacial score (nSPS) is 14.0. The summed E-state index contributed by atoms with van der Waals surface area (Å²) >= 11 is 6.01. The number of carbonyl (C=O) groups is 1. The molecule has 1 saturated heterocycles. The lowest BCUT2D eigenvalue weighted by atomic mass is 10.1. The van der Waals surface area contributed by atoms with Gasteiger partial charge in [0.15, 0.2) is 0 Å². The van der Waals surface area contributed by atoms with Crippen molar-refractivity contribution in [3.05, 3.63) is 75.4 Å². The van der Waals surface area contributed by atoms with Crippen molar-refractivity contribution in [2.24, 2.45) is 0 Å². The Morgan fingerprint density at radius 2 is 1.77 bits per heavy atom. The molecule has 0 radical (unpaired) electrons. The Labute approximate surface area is 184 Å². The lowest BCUT2D eigenvalue weighted by Gasteiger charge is -2.15. The quantitative estimate of drug-likeness (QED) is 0.444. The standard InChI is InChI=1S/C22H22ClN5O3/c23-17-5-9-18(10-6-17)27-21(22(29)24-11-14-26-12-1-2-13-26)15-20(25-27)16-3-7-19(8-4-16)28(30)31/h3-10,15H,1-2,11-14H2,(H,24,29). The van der Waals surface area contributed by atoms with Crippen molar-refractivity contribution < 1.29 is 9.72 Å². The van der Waals surface area contributed by atoms with Crippen molar-refractivity contribution in [2.75, 3.05) is 26.2 Å². The molecule has 0 spiro atoms. The van der Waals surface area contributed by atoms with E-state index in [0.29, 0.717) is 34.2 Å². The molecule has 1 aliphatic heterocycles. The van der Waals surface area contributed by atoms with Gasteiger partial charge >= 0.3 is 0 Å². The van der Waals surface area contributed by atoms with E-state index in [1.807, 2.05) is 0 Å². The first kappa shape index (κ1) is 21.0. The Hall–Kier alpha value is -3.23. The van der Waals surface area contributed by atoms with Gasteiger partial charge in [-0.25, -0.2) is 4.68 Å². The van der Waals surface area contributed by atoms with E-state index in [2.05, 4.69) is 15.3 Å². The van der Waals surface area contributed by atoms with Gasteiger partial charge in [0.1, 0.15) is 5.69 Å². The third-order valence-electron chi connectivity index (χ3n) is 5.30. The summed E-state index contributed by atoms with van der Waals surface area (Å²) in [4.78, 5) is 25.8. The SMILES string of the molecule is O=C(NCCN1CCCC1)c1cc(-c2ccc([N+](=O)[O-])cc2)nn1-c1ccc(Cl)cc1. The number of nitro groups is 1. The van der Waals surface area contributed by atoms with Crippen LogP contribution in [0.2, 0.25) is 5.02 Å². The summed E-state index contributed by atoms with van der Waals surface area (Å²) in [6.07, 6.45) is 2.41. The molecule has 1 fully saturated rings. The third-order valence-corrected chi connectivity index (χ3v) is 5.55. The number of non-ortho nitro benzene ring substituents is 1. The van der Waals surface area contributed by atoms with Crippen molar-refractivity contribution in [3.63, 3.8) is 0 Å². The minimum absolute atomic E-state index is 0.000707. The molecule has 4 rings (SSSR count). The molecule has 8 nitrogen and oxygen atoms in total. The fourth-order valence-electron chi connectivity index (χ4n) is 3.64. The van der Waals surface area contributed by atoms with Gasteiger partial charge < -0.3 is 10.2 Å². The summed E-state index contributed by atoms with van der Waals surface area (Å²) in [6, 6.07) is 14.8. The molecule has 1 amide bonds. The highest BCUT2D eigenvalue weighted by atomic mass is 35.5. The van der Waals surface area contributed by atoms with E-state index in [9.17, 15) is 14.9 Å². The summed E-state index contributed by atoms with van der Waals surface area (Å²) in [5.41, 5.74) is 2.32.